The first-order valence-corrected chi connectivity index (χ1v) is 6.01. The van der Waals surface area contributed by atoms with E-state index in [0.29, 0.717) is 11.4 Å². The Kier molecular flexibility index (Phi) is 4.03. The minimum absolute atomic E-state index is 0.0872. The van der Waals surface area contributed by atoms with Gasteiger partial charge in [-0.05, 0) is 42.1 Å². The molecule has 0 fully saturated rings. The Morgan fingerprint density at radius 1 is 1.35 bits per heavy atom. The molecular weight excluding hydrogens is 271 g/mol. The smallest absolute Gasteiger partial charge is 0.311 e. The molecule has 0 aliphatic rings. The van der Waals surface area contributed by atoms with E-state index in [1.54, 1.807) is 13.1 Å². The van der Waals surface area contributed by atoms with Gasteiger partial charge in [-0.2, -0.15) is 13.2 Å². The SMILES string of the molecule is CNC(C)c1nnnn1Cc1cccc(C(F)(F)F)c1. The minimum atomic E-state index is -4.35. The fraction of sp³-hybridized carbons (Fsp3) is 0.417. The molecule has 0 saturated heterocycles. The van der Waals surface area contributed by atoms with Crippen LogP contribution in [-0.4, -0.2) is 27.3 Å². The normalized spacial score (nSPS) is 13.4. The number of halogens is 3. The van der Waals surface area contributed by atoms with Crippen molar-refractivity contribution in [1.82, 2.24) is 25.5 Å². The zero-order valence-electron chi connectivity index (χ0n) is 11.0. The molecule has 0 amide bonds. The van der Waals surface area contributed by atoms with Gasteiger partial charge in [-0.15, -0.1) is 5.10 Å². The van der Waals surface area contributed by atoms with Crippen LogP contribution in [0.1, 0.15) is 29.9 Å². The summed E-state index contributed by atoms with van der Waals surface area (Å²) in [6.07, 6.45) is -4.35. The van der Waals surface area contributed by atoms with E-state index >= 15 is 0 Å². The number of nitrogens with zero attached hydrogens (tertiary/aromatic N) is 4. The minimum Gasteiger partial charge on any atom is -0.311 e. The highest BCUT2D eigenvalue weighted by molar-refractivity contribution is 5.25. The number of nitrogens with one attached hydrogen (secondary N) is 1. The molecule has 0 aliphatic carbocycles. The molecule has 108 valence electrons. The highest BCUT2D eigenvalue weighted by Crippen LogP contribution is 2.29. The maximum Gasteiger partial charge on any atom is 0.416 e. The van der Waals surface area contributed by atoms with E-state index in [2.05, 4.69) is 20.8 Å². The molecular formula is C12H14F3N5. The summed E-state index contributed by atoms with van der Waals surface area (Å²) in [4.78, 5) is 0. The summed E-state index contributed by atoms with van der Waals surface area (Å²) in [5.41, 5.74) is -0.178. The predicted molar refractivity (Wildman–Crippen MR) is 65.8 cm³/mol. The number of alkyl halides is 3. The zero-order chi connectivity index (χ0) is 14.8. The summed E-state index contributed by atoms with van der Waals surface area (Å²) >= 11 is 0. The molecule has 1 aromatic heterocycles. The van der Waals surface area contributed by atoms with E-state index in [1.165, 1.54) is 10.7 Å². The van der Waals surface area contributed by atoms with Gasteiger partial charge in [0.15, 0.2) is 5.82 Å². The second-order valence-electron chi connectivity index (χ2n) is 4.40. The third-order valence-corrected chi connectivity index (χ3v) is 2.97. The van der Waals surface area contributed by atoms with Crippen molar-refractivity contribution >= 4 is 0 Å². The van der Waals surface area contributed by atoms with Gasteiger partial charge in [-0.25, -0.2) is 4.68 Å². The molecule has 1 N–H and O–H groups in total. The molecule has 0 bridgehead atoms. The highest BCUT2D eigenvalue weighted by Gasteiger charge is 2.30. The maximum absolute atomic E-state index is 12.7. The van der Waals surface area contributed by atoms with Gasteiger partial charge >= 0.3 is 6.18 Å². The van der Waals surface area contributed by atoms with E-state index in [1.807, 2.05) is 6.92 Å². The van der Waals surface area contributed by atoms with E-state index in [9.17, 15) is 13.2 Å². The third kappa shape index (κ3) is 3.13. The Balaban J connectivity index is 2.25. The number of tetrazole rings is 1. The second-order valence-corrected chi connectivity index (χ2v) is 4.40. The van der Waals surface area contributed by atoms with Gasteiger partial charge in [-0.3, -0.25) is 0 Å². The molecule has 0 radical (unpaired) electrons. The molecule has 2 rings (SSSR count). The van der Waals surface area contributed by atoms with Crippen LogP contribution in [0.2, 0.25) is 0 Å². The maximum atomic E-state index is 12.7. The topological polar surface area (TPSA) is 55.6 Å². The molecule has 2 aromatic rings. The molecule has 0 spiro atoms. The van der Waals surface area contributed by atoms with Gasteiger partial charge in [0.25, 0.3) is 0 Å². The second kappa shape index (κ2) is 5.58. The van der Waals surface area contributed by atoms with Crippen LogP contribution in [0.4, 0.5) is 13.2 Å². The summed E-state index contributed by atoms with van der Waals surface area (Å²) < 4.78 is 39.4. The van der Waals surface area contributed by atoms with Crippen LogP contribution in [0.5, 0.6) is 0 Å². The van der Waals surface area contributed by atoms with Crippen molar-refractivity contribution in [2.24, 2.45) is 0 Å². The number of hydrogen-bond donors (Lipinski definition) is 1. The molecule has 1 atom stereocenters. The van der Waals surface area contributed by atoms with Crippen molar-refractivity contribution in [2.75, 3.05) is 7.05 Å². The summed E-state index contributed by atoms with van der Waals surface area (Å²) in [6.45, 7) is 2.06. The first kappa shape index (κ1) is 14.4. The first-order chi connectivity index (χ1) is 9.41. The summed E-state index contributed by atoms with van der Waals surface area (Å²) in [7, 11) is 1.76. The van der Waals surface area contributed by atoms with Crippen LogP contribution < -0.4 is 5.32 Å². The molecule has 0 saturated carbocycles. The molecule has 5 nitrogen and oxygen atoms in total. The number of rotatable bonds is 4. The van der Waals surface area contributed by atoms with Gasteiger partial charge < -0.3 is 5.32 Å². The zero-order valence-corrected chi connectivity index (χ0v) is 11.0. The summed E-state index contributed by atoms with van der Waals surface area (Å²) in [5, 5.41) is 14.2. The van der Waals surface area contributed by atoms with Crippen LogP contribution in [0.15, 0.2) is 24.3 Å². The number of hydrogen-bond acceptors (Lipinski definition) is 4. The van der Waals surface area contributed by atoms with Gasteiger partial charge in [0, 0.05) is 0 Å². The quantitative estimate of drug-likeness (QED) is 0.933. The number of benzene rings is 1. The fourth-order valence-electron chi connectivity index (χ4n) is 1.78. The third-order valence-electron chi connectivity index (χ3n) is 2.97. The number of aromatic nitrogens is 4. The van der Waals surface area contributed by atoms with Crippen molar-refractivity contribution in [3.8, 4) is 0 Å². The molecule has 1 aromatic carbocycles. The van der Waals surface area contributed by atoms with Crippen molar-refractivity contribution in [2.45, 2.75) is 25.7 Å². The Hall–Kier alpha value is -1.96. The van der Waals surface area contributed by atoms with E-state index in [4.69, 9.17) is 0 Å². The molecule has 1 unspecified atom stereocenters. The lowest BCUT2D eigenvalue weighted by molar-refractivity contribution is -0.137. The van der Waals surface area contributed by atoms with Crippen molar-refractivity contribution in [1.29, 1.82) is 0 Å². The standard InChI is InChI=1S/C12H14F3N5/c1-8(16-2)11-17-18-19-20(11)7-9-4-3-5-10(6-9)12(13,14)15/h3-6,8,16H,7H2,1-2H3. The first-order valence-electron chi connectivity index (χ1n) is 6.01. The average molecular weight is 285 g/mol. The molecule has 0 aliphatic heterocycles. The van der Waals surface area contributed by atoms with Gasteiger partial charge in [0.1, 0.15) is 0 Å². The van der Waals surface area contributed by atoms with Gasteiger partial charge in [0.2, 0.25) is 0 Å². The lowest BCUT2D eigenvalue weighted by Gasteiger charge is -2.12. The Morgan fingerprint density at radius 2 is 2.10 bits per heavy atom. The Morgan fingerprint density at radius 3 is 2.75 bits per heavy atom. The van der Waals surface area contributed by atoms with E-state index in [-0.39, 0.29) is 12.6 Å². The van der Waals surface area contributed by atoms with Crippen molar-refractivity contribution in [3.05, 3.63) is 41.2 Å². The van der Waals surface area contributed by atoms with Crippen LogP contribution >= 0.6 is 0 Å². The predicted octanol–water partition coefficient (Wildman–Crippen LogP) is 2.02. The molecule has 20 heavy (non-hydrogen) atoms. The Labute approximate surface area is 113 Å². The van der Waals surface area contributed by atoms with Gasteiger partial charge in [-0.1, -0.05) is 12.1 Å². The molecule has 1 heterocycles. The van der Waals surface area contributed by atoms with Crippen LogP contribution in [0.25, 0.3) is 0 Å². The van der Waals surface area contributed by atoms with Crippen LogP contribution in [-0.2, 0) is 12.7 Å². The van der Waals surface area contributed by atoms with Gasteiger partial charge in [0.05, 0.1) is 18.2 Å². The fourth-order valence-corrected chi connectivity index (χ4v) is 1.78. The lowest BCUT2D eigenvalue weighted by Crippen LogP contribution is -2.19. The average Bonchev–Trinajstić information content (AvgIpc) is 2.85. The molecule has 8 heteroatoms. The van der Waals surface area contributed by atoms with Crippen molar-refractivity contribution < 1.29 is 13.2 Å². The highest BCUT2D eigenvalue weighted by atomic mass is 19.4. The monoisotopic (exact) mass is 285 g/mol. The Bertz CT molecular complexity index is 578. The van der Waals surface area contributed by atoms with Crippen LogP contribution in [0.3, 0.4) is 0 Å². The van der Waals surface area contributed by atoms with E-state index in [0.717, 1.165) is 12.1 Å². The summed E-state index contributed by atoms with van der Waals surface area (Å²) in [5.74, 6) is 0.574. The van der Waals surface area contributed by atoms with E-state index < -0.39 is 11.7 Å². The van der Waals surface area contributed by atoms with Crippen molar-refractivity contribution in [3.63, 3.8) is 0 Å². The lowest BCUT2D eigenvalue weighted by atomic mass is 10.1. The largest absolute Gasteiger partial charge is 0.416 e. The summed E-state index contributed by atoms with van der Waals surface area (Å²) in [6, 6.07) is 5.06. The van der Waals surface area contributed by atoms with Crippen LogP contribution in [0, 0.1) is 0 Å².